The van der Waals surface area contributed by atoms with Gasteiger partial charge in [-0.2, -0.15) is 0 Å². The van der Waals surface area contributed by atoms with Crippen LogP contribution >= 0.6 is 0 Å². The summed E-state index contributed by atoms with van der Waals surface area (Å²) < 4.78 is 0. The third kappa shape index (κ3) is 5.19. The molecule has 0 heterocycles. The molecule has 0 aliphatic heterocycles. The molecular formula is C16H26N3O2+. The molecule has 0 saturated carbocycles. The molecule has 0 bridgehead atoms. The quantitative estimate of drug-likeness (QED) is 0.739. The Kier molecular flexibility index (Phi) is 6.88. The summed E-state index contributed by atoms with van der Waals surface area (Å²) in [4.78, 5) is 26.5. The number of carbonyl (C=O) groups excluding carboxylic acids is 2. The van der Waals surface area contributed by atoms with Gasteiger partial charge in [0.1, 0.15) is 6.54 Å². The summed E-state index contributed by atoms with van der Waals surface area (Å²) in [6.07, 6.45) is 0. The number of rotatable bonds is 7. The van der Waals surface area contributed by atoms with E-state index in [2.05, 4.69) is 5.32 Å². The minimum atomic E-state index is -0.0843. The van der Waals surface area contributed by atoms with Crippen molar-refractivity contribution < 1.29 is 14.5 Å². The van der Waals surface area contributed by atoms with Gasteiger partial charge in [-0.1, -0.05) is 12.1 Å². The molecule has 21 heavy (non-hydrogen) atoms. The van der Waals surface area contributed by atoms with Gasteiger partial charge in [0.05, 0.1) is 7.05 Å². The summed E-state index contributed by atoms with van der Waals surface area (Å²) in [5.41, 5.74) is 1.77. The van der Waals surface area contributed by atoms with Crippen molar-refractivity contribution in [2.24, 2.45) is 0 Å². The van der Waals surface area contributed by atoms with Gasteiger partial charge in [-0.15, -0.1) is 0 Å². The Morgan fingerprint density at radius 3 is 2.19 bits per heavy atom. The first-order valence-corrected chi connectivity index (χ1v) is 7.41. The molecule has 2 amide bonds. The second kappa shape index (κ2) is 8.42. The molecule has 1 unspecified atom stereocenters. The maximum atomic E-state index is 12.0. The molecule has 1 atom stereocenters. The lowest BCUT2D eigenvalue weighted by molar-refractivity contribution is -0.885. The molecule has 0 aromatic heterocycles. The predicted octanol–water partition coefficient (Wildman–Crippen LogP) is -0.0707. The first-order chi connectivity index (χ1) is 10.0. The number of hydrogen-bond acceptors (Lipinski definition) is 2. The van der Waals surface area contributed by atoms with Crippen LogP contribution in [0.15, 0.2) is 24.3 Å². The number of benzene rings is 1. The number of likely N-dealkylation sites (N-methyl/N-ethyl adjacent to an activating group) is 2. The van der Waals surface area contributed by atoms with Crippen LogP contribution in [0.5, 0.6) is 0 Å². The van der Waals surface area contributed by atoms with Crippen LogP contribution in [-0.2, 0) is 11.3 Å². The standard InChI is InChI=1S/C16H25N3O2/c1-5-19(6-2)15(20)12-18(4)11-13-7-9-14(10-8-13)16(21)17-3/h7-10H,5-6,11-12H2,1-4H3,(H,17,21)/p+1. The topological polar surface area (TPSA) is 53.9 Å². The van der Waals surface area contributed by atoms with E-state index < -0.39 is 0 Å². The Hall–Kier alpha value is -1.88. The van der Waals surface area contributed by atoms with E-state index in [1.165, 1.54) is 0 Å². The average Bonchev–Trinajstić information content (AvgIpc) is 2.48. The molecule has 0 radical (unpaired) electrons. The van der Waals surface area contributed by atoms with Crippen molar-refractivity contribution in [2.75, 3.05) is 33.7 Å². The molecule has 0 aliphatic rings. The molecule has 0 spiro atoms. The van der Waals surface area contributed by atoms with E-state index in [9.17, 15) is 9.59 Å². The molecule has 1 aromatic rings. The maximum Gasteiger partial charge on any atom is 0.277 e. The lowest BCUT2D eigenvalue weighted by atomic mass is 10.1. The Bertz CT molecular complexity index is 467. The average molecular weight is 292 g/mol. The molecule has 116 valence electrons. The number of hydrogen-bond donors (Lipinski definition) is 2. The van der Waals surface area contributed by atoms with Gasteiger partial charge < -0.3 is 15.1 Å². The lowest BCUT2D eigenvalue weighted by Gasteiger charge is -2.21. The molecular weight excluding hydrogens is 266 g/mol. The Morgan fingerprint density at radius 1 is 1.14 bits per heavy atom. The highest BCUT2D eigenvalue weighted by atomic mass is 16.2. The summed E-state index contributed by atoms with van der Waals surface area (Å²) in [5, 5.41) is 2.60. The van der Waals surface area contributed by atoms with Crippen LogP contribution in [-0.4, -0.2) is 50.4 Å². The van der Waals surface area contributed by atoms with E-state index in [-0.39, 0.29) is 11.8 Å². The Morgan fingerprint density at radius 2 is 1.71 bits per heavy atom. The van der Waals surface area contributed by atoms with Gasteiger partial charge in [0.25, 0.3) is 11.8 Å². The lowest BCUT2D eigenvalue weighted by Crippen LogP contribution is -3.08. The van der Waals surface area contributed by atoms with Crippen LogP contribution in [0.4, 0.5) is 0 Å². The fourth-order valence-electron chi connectivity index (χ4n) is 2.28. The van der Waals surface area contributed by atoms with Crippen LogP contribution < -0.4 is 10.2 Å². The Balaban J connectivity index is 2.56. The van der Waals surface area contributed by atoms with Gasteiger partial charge in [-0.05, 0) is 26.0 Å². The van der Waals surface area contributed by atoms with Crippen molar-refractivity contribution in [3.8, 4) is 0 Å². The van der Waals surface area contributed by atoms with Gasteiger partial charge in [0.2, 0.25) is 0 Å². The van der Waals surface area contributed by atoms with Crippen molar-refractivity contribution in [3.05, 3.63) is 35.4 Å². The number of amides is 2. The molecule has 5 heteroatoms. The summed E-state index contributed by atoms with van der Waals surface area (Å²) in [6, 6.07) is 7.51. The van der Waals surface area contributed by atoms with Crippen molar-refractivity contribution in [1.29, 1.82) is 0 Å². The minimum absolute atomic E-state index is 0.0843. The number of quaternary nitrogens is 1. The van der Waals surface area contributed by atoms with Crippen molar-refractivity contribution in [2.45, 2.75) is 20.4 Å². The highest BCUT2D eigenvalue weighted by Gasteiger charge is 2.15. The molecule has 0 saturated heterocycles. The van der Waals surface area contributed by atoms with E-state index in [0.29, 0.717) is 12.1 Å². The van der Waals surface area contributed by atoms with Crippen molar-refractivity contribution >= 4 is 11.8 Å². The van der Waals surface area contributed by atoms with Crippen LogP contribution in [0.2, 0.25) is 0 Å². The van der Waals surface area contributed by atoms with Gasteiger partial charge in [-0.3, -0.25) is 9.59 Å². The first-order valence-electron chi connectivity index (χ1n) is 7.41. The zero-order chi connectivity index (χ0) is 15.8. The van der Waals surface area contributed by atoms with Crippen LogP contribution in [0.3, 0.4) is 0 Å². The van der Waals surface area contributed by atoms with Gasteiger partial charge in [0.15, 0.2) is 6.54 Å². The summed E-state index contributed by atoms with van der Waals surface area (Å²) in [7, 11) is 3.63. The smallest absolute Gasteiger partial charge is 0.277 e. The van der Waals surface area contributed by atoms with E-state index in [0.717, 1.165) is 30.1 Å². The normalized spacial score (nSPS) is 11.8. The molecule has 2 N–H and O–H groups in total. The number of nitrogens with zero attached hydrogens (tertiary/aromatic N) is 1. The summed E-state index contributed by atoms with van der Waals surface area (Å²) in [6.45, 7) is 6.75. The van der Waals surface area contributed by atoms with Crippen LogP contribution in [0, 0.1) is 0 Å². The second-order valence-electron chi connectivity index (χ2n) is 5.15. The Labute approximate surface area is 126 Å². The molecule has 1 rings (SSSR count). The van der Waals surface area contributed by atoms with Crippen LogP contribution in [0.25, 0.3) is 0 Å². The third-order valence-corrected chi connectivity index (χ3v) is 3.52. The van der Waals surface area contributed by atoms with Gasteiger partial charge in [0, 0.05) is 31.3 Å². The molecule has 1 aromatic carbocycles. The van der Waals surface area contributed by atoms with E-state index in [1.807, 2.05) is 50.1 Å². The fourth-order valence-corrected chi connectivity index (χ4v) is 2.28. The molecule has 5 nitrogen and oxygen atoms in total. The van der Waals surface area contributed by atoms with Gasteiger partial charge in [-0.25, -0.2) is 0 Å². The molecule has 0 fully saturated rings. The summed E-state index contributed by atoms with van der Waals surface area (Å²) >= 11 is 0. The monoisotopic (exact) mass is 292 g/mol. The second-order valence-corrected chi connectivity index (χ2v) is 5.15. The minimum Gasteiger partial charge on any atom is -0.355 e. The SMILES string of the molecule is CCN(CC)C(=O)C[NH+](C)Cc1ccc(C(=O)NC)cc1. The van der Waals surface area contributed by atoms with Gasteiger partial charge >= 0.3 is 0 Å². The van der Waals surface area contributed by atoms with E-state index in [1.54, 1.807) is 7.05 Å². The largest absolute Gasteiger partial charge is 0.355 e. The summed E-state index contributed by atoms with van der Waals surface area (Å²) in [5.74, 6) is 0.0958. The van der Waals surface area contributed by atoms with E-state index >= 15 is 0 Å². The molecule has 0 aliphatic carbocycles. The maximum absolute atomic E-state index is 12.0. The number of carbonyl (C=O) groups is 2. The predicted molar refractivity (Wildman–Crippen MR) is 83.2 cm³/mol. The van der Waals surface area contributed by atoms with Crippen molar-refractivity contribution in [1.82, 2.24) is 10.2 Å². The highest BCUT2D eigenvalue weighted by molar-refractivity contribution is 5.93. The van der Waals surface area contributed by atoms with E-state index in [4.69, 9.17) is 0 Å². The van der Waals surface area contributed by atoms with Crippen molar-refractivity contribution in [3.63, 3.8) is 0 Å². The third-order valence-electron chi connectivity index (χ3n) is 3.52. The highest BCUT2D eigenvalue weighted by Crippen LogP contribution is 2.03. The fraction of sp³-hybridized carbons (Fsp3) is 0.500. The zero-order valence-electron chi connectivity index (χ0n) is 13.4. The zero-order valence-corrected chi connectivity index (χ0v) is 13.4. The van der Waals surface area contributed by atoms with Crippen LogP contribution in [0.1, 0.15) is 29.8 Å². The first kappa shape index (κ1) is 17.2. The number of nitrogens with one attached hydrogen (secondary N) is 2.